The highest BCUT2D eigenvalue weighted by atomic mass is 31.2. The van der Waals surface area contributed by atoms with Crippen LogP contribution in [0.3, 0.4) is 0 Å². The maximum atomic E-state index is 12.9. The lowest BCUT2D eigenvalue weighted by atomic mass is 10.0. The third-order valence-electron chi connectivity index (χ3n) is 15.3. The van der Waals surface area contributed by atoms with Crippen LogP contribution in [0.1, 0.15) is 309 Å². The van der Waals surface area contributed by atoms with E-state index in [2.05, 4.69) is 123 Å². The Kier molecular flexibility index (Phi) is 63.5. The van der Waals surface area contributed by atoms with Gasteiger partial charge in [-0.1, -0.05) is 303 Å². The summed E-state index contributed by atoms with van der Waals surface area (Å²) < 4.78 is 34.7. The number of allylic oxidation sites excluding steroid dienone is 18. The van der Waals surface area contributed by atoms with Crippen molar-refractivity contribution in [2.45, 2.75) is 315 Å². The molecule has 0 aliphatic rings. The third kappa shape index (κ3) is 69.8. The van der Waals surface area contributed by atoms with Gasteiger partial charge in [-0.05, 0) is 103 Å². The fourth-order valence-electron chi connectivity index (χ4n) is 9.85. The van der Waals surface area contributed by atoms with Crippen molar-refractivity contribution in [1.29, 1.82) is 0 Å². The largest absolute Gasteiger partial charge is 0.472 e. The average molecular weight is 1220 g/mol. The number of carbonyl (C=O) groups excluding carboxylic acids is 2. The van der Waals surface area contributed by atoms with Crippen molar-refractivity contribution in [2.24, 2.45) is 0 Å². The zero-order valence-corrected chi connectivity index (χ0v) is 57.4. The van der Waals surface area contributed by atoms with Crippen LogP contribution in [0.25, 0.3) is 0 Å². The minimum absolute atomic E-state index is 0.0284. The summed E-state index contributed by atoms with van der Waals surface area (Å²) in [6, 6.07) is 0. The number of hydrogen-bond donors (Lipinski definition) is 1. The maximum absolute atomic E-state index is 12.9. The van der Waals surface area contributed by atoms with Gasteiger partial charge in [0.05, 0.1) is 27.7 Å². The molecular formula is C76H135NO8P+. The Bertz CT molecular complexity index is 1820. The minimum atomic E-state index is -4.40. The van der Waals surface area contributed by atoms with Crippen LogP contribution in [0, 0.1) is 0 Å². The summed E-state index contributed by atoms with van der Waals surface area (Å²) in [5, 5.41) is 0. The summed E-state index contributed by atoms with van der Waals surface area (Å²) in [5.41, 5.74) is 0. The fraction of sp³-hybridized carbons (Fsp3) is 0.737. The molecule has 0 radical (unpaired) electrons. The third-order valence-corrected chi connectivity index (χ3v) is 16.3. The average Bonchev–Trinajstić information content (AvgIpc) is 3.70. The second kappa shape index (κ2) is 66.1. The smallest absolute Gasteiger partial charge is 0.462 e. The van der Waals surface area contributed by atoms with Gasteiger partial charge in [-0.2, -0.15) is 0 Å². The predicted molar refractivity (Wildman–Crippen MR) is 371 cm³/mol. The van der Waals surface area contributed by atoms with Crippen LogP contribution in [-0.4, -0.2) is 74.9 Å². The van der Waals surface area contributed by atoms with E-state index in [0.29, 0.717) is 17.4 Å². The van der Waals surface area contributed by atoms with Crippen molar-refractivity contribution < 1.29 is 42.1 Å². The number of phosphoric acid groups is 1. The molecule has 0 amide bonds. The molecule has 2 unspecified atom stereocenters. The number of nitrogens with zero attached hydrogens (tertiary/aromatic N) is 1. The van der Waals surface area contributed by atoms with E-state index in [4.69, 9.17) is 18.5 Å². The molecule has 1 N–H and O–H groups in total. The Morgan fingerprint density at radius 1 is 0.372 bits per heavy atom. The summed E-state index contributed by atoms with van der Waals surface area (Å²) in [4.78, 5) is 35.9. The molecule has 9 nitrogen and oxygen atoms in total. The second-order valence-corrected chi connectivity index (χ2v) is 26.3. The monoisotopic (exact) mass is 1220 g/mol. The molecule has 86 heavy (non-hydrogen) atoms. The molecule has 0 aromatic carbocycles. The van der Waals surface area contributed by atoms with Gasteiger partial charge in [-0.25, -0.2) is 4.57 Å². The van der Waals surface area contributed by atoms with Gasteiger partial charge in [0.1, 0.15) is 19.8 Å². The molecule has 0 heterocycles. The number of ether oxygens (including phenoxy) is 2. The topological polar surface area (TPSA) is 108 Å². The first-order valence-corrected chi connectivity index (χ1v) is 37.1. The molecule has 10 heteroatoms. The Labute approximate surface area is 531 Å². The van der Waals surface area contributed by atoms with Crippen LogP contribution in [-0.2, 0) is 32.7 Å². The maximum Gasteiger partial charge on any atom is 0.472 e. The number of esters is 2. The van der Waals surface area contributed by atoms with Crippen molar-refractivity contribution in [1.82, 2.24) is 0 Å². The van der Waals surface area contributed by atoms with Crippen molar-refractivity contribution in [2.75, 3.05) is 47.5 Å². The quantitative estimate of drug-likeness (QED) is 0.0211. The van der Waals surface area contributed by atoms with Crippen LogP contribution in [0.5, 0.6) is 0 Å². The highest BCUT2D eigenvalue weighted by Gasteiger charge is 2.27. The van der Waals surface area contributed by atoms with Gasteiger partial charge in [0.2, 0.25) is 0 Å². The van der Waals surface area contributed by atoms with Crippen molar-refractivity contribution in [3.05, 3.63) is 109 Å². The van der Waals surface area contributed by atoms with E-state index in [1.54, 1.807) is 0 Å². The van der Waals surface area contributed by atoms with Crippen LogP contribution in [0.15, 0.2) is 109 Å². The van der Waals surface area contributed by atoms with Crippen molar-refractivity contribution >= 4 is 19.8 Å². The van der Waals surface area contributed by atoms with Gasteiger partial charge in [-0.15, -0.1) is 0 Å². The van der Waals surface area contributed by atoms with Crippen LogP contribution in [0.2, 0.25) is 0 Å². The number of quaternary nitrogens is 1. The zero-order chi connectivity index (χ0) is 62.6. The van der Waals surface area contributed by atoms with E-state index in [9.17, 15) is 19.0 Å². The molecule has 0 spiro atoms. The van der Waals surface area contributed by atoms with Gasteiger partial charge in [0, 0.05) is 12.8 Å². The summed E-state index contributed by atoms with van der Waals surface area (Å²) in [7, 11) is 1.48. The highest BCUT2D eigenvalue weighted by Crippen LogP contribution is 2.43. The molecule has 0 saturated carbocycles. The standard InChI is InChI=1S/C76H134NO8P/c1-6-8-10-12-14-16-18-20-22-24-26-28-30-32-34-36-37-38-39-41-43-45-47-49-51-53-55-57-59-61-63-65-67-69-76(79)85-74(73-84-86(80,81)83-71-70-77(3,4)5)72-82-75(78)68-66-64-62-60-58-56-54-52-50-48-46-44-42-40-35-33-31-29-27-25-23-21-19-17-15-13-11-9-7-2/h8,10,14,16,19-22,25-28,31-34,37-38,74H,6-7,9,11-13,15,17-18,23-24,29-30,35-36,39-73H2,1-5H3/p+1/b10-8-,16-14-,21-19-,22-20-,27-25-,28-26-,33-31-,34-32-,38-37-. The van der Waals surface area contributed by atoms with Crippen molar-refractivity contribution in [3.8, 4) is 0 Å². The zero-order valence-electron chi connectivity index (χ0n) is 56.5. The van der Waals surface area contributed by atoms with E-state index in [0.717, 1.165) is 89.9 Å². The number of unbranched alkanes of at least 4 members (excludes halogenated alkanes) is 33. The first-order chi connectivity index (χ1) is 42.0. The SMILES string of the molecule is CC/C=C\C/C=C\C/C=C\C/C=C\C/C=C\C/C=C\CCCCCCCCCCCCCCCCC(=O)OC(COC(=O)CCCCCCCCCCCCCCCC/C=C\C/C=C\C/C=C\CCCCCCC)COP(=O)(O)OCC[N+](C)(C)C. The van der Waals surface area contributed by atoms with E-state index >= 15 is 0 Å². The first-order valence-electron chi connectivity index (χ1n) is 35.6. The van der Waals surface area contributed by atoms with E-state index < -0.39 is 26.5 Å². The van der Waals surface area contributed by atoms with Crippen molar-refractivity contribution in [3.63, 3.8) is 0 Å². The molecule has 496 valence electrons. The number of rotatable bonds is 65. The Hall–Kier alpha value is -3.33. The van der Waals surface area contributed by atoms with E-state index in [1.165, 1.54) is 186 Å². The summed E-state index contributed by atoms with van der Waals surface area (Å²) in [6.45, 7) is 4.33. The van der Waals surface area contributed by atoms with Gasteiger partial charge in [0.25, 0.3) is 0 Å². The van der Waals surface area contributed by atoms with Crippen LogP contribution >= 0.6 is 7.82 Å². The summed E-state index contributed by atoms with van der Waals surface area (Å²) in [6.07, 6.45) is 93.3. The molecule has 0 rings (SSSR count). The van der Waals surface area contributed by atoms with Gasteiger partial charge < -0.3 is 18.9 Å². The molecule has 0 aliphatic heterocycles. The van der Waals surface area contributed by atoms with Gasteiger partial charge >= 0.3 is 19.8 Å². The molecule has 0 fully saturated rings. The lowest BCUT2D eigenvalue weighted by Crippen LogP contribution is -2.37. The lowest BCUT2D eigenvalue weighted by molar-refractivity contribution is -0.870. The minimum Gasteiger partial charge on any atom is -0.462 e. The Morgan fingerprint density at radius 3 is 0.988 bits per heavy atom. The Balaban J connectivity index is 4.05. The molecule has 0 aliphatic carbocycles. The van der Waals surface area contributed by atoms with Crippen LogP contribution in [0.4, 0.5) is 0 Å². The normalized spacial score (nSPS) is 13.8. The van der Waals surface area contributed by atoms with E-state index in [-0.39, 0.29) is 32.0 Å². The molecule has 0 aromatic rings. The number of hydrogen-bond acceptors (Lipinski definition) is 7. The van der Waals surface area contributed by atoms with Gasteiger partial charge in [0.15, 0.2) is 6.10 Å². The molecule has 2 atom stereocenters. The number of phosphoric ester groups is 1. The van der Waals surface area contributed by atoms with E-state index in [1.807, 2.05) is 21.1 Å². The predicted octanol–water partition coefficient (Wildman–Crippen LogP) is 23.3. The summed E-state index contributed by atoms with van der Waals surface area (Å²) >= 11 is 0. The lowest BCUT2D eigenvalue weighted by Gasteiger charge is -2.24. The number of likely N-dealkylation sites (N-methyl/N-ethyl adjacent to an activating group) is 1. The second-order valence-electron chi connectivity index (χ2n) is 24.9. The molecule has 0 saturated heterocycles. The fourth-order valence-corrected chi connectivity index (χ4v) is 10.6. The number of carbonyl (C=O) groups is 2. The van der Waals surface area contributed by atoms with Crippen LogP contribution < -0.4 is 0 Å². The molecular weight excluding hydrogens is 1090 g/mol. The Morgan fingerprint density at radius 2 is 0.663 bits per heavy atom. The summed E-state index contributed by atoms with van der Waals surface area (Å²) in [5.74, 6) is -0.793. The molecule has 0 aromatic heterocycles. The molecule has 0 bridgehead atoms. The highest BCUT2D eigenvalue weighted by molar-refractivity contribution is 7.47. The van der Waals surface area contributed by atoms with Gasteiger partial charge in [-0.3, -0.25) is 18.6 Å². The first kappa shape index (κ1) is 82.7.